The zero-order chi connectivity index (χ0) is 43.6. The molecular weight excluding hydrogens is 1310 g/mol. The summed E-state index contributed by atoms with van der Waals surface area (Å²) in [6, 6.07) is 51.8. The van der Waals surface area contributed by atoms with E-state index in [9.17, 15) is 0 Å². The number of phenols is 1. The lowest BCUT2D eigenvalue weighted by Crippen LogP contribution is -2.37. The molecule has 10 nitrogen and oxygen atoms in total. The molecule has 0 fully saturated rings. The molecule has 1 N–H and O–H groups in total. The molecule has 0 bridgehead atoms. The Morgan fingerprint density at radius 3 is 1.13 bits per heavy atom. The van der Waals surface area contributed by atoms with Crippen LogP contribution in [0.2, 0.25) is 0 Å². The SMILES string of the molecule is Brc1ccccc1ON1P(Oc2ccccc2Br)N=P(Oc2ccccc2Br)(Oc2ccccc2Br)N(Oc2ccccc2Br)P1Oc1ccccc1Br.Oc1ccccc1Br. The van der Waals surface area contributed by atoms with Crippen LogP contribution in [-0.4, -0.2) is 14.3 Å². The molecule has 7 aromatic carbocycles. The van der Waals surface area contributed by atoms with Gasteiger partial charge in [0.2, 0.25) is 0 Å². The molecule has 0 amide bonds. The van der Waals surface area contributed by atoms with E-state index in [0.29, 0.717) is 61.3 Å². The fourth-order valence-electron chi connectivity index (χ4n) is 4.97. The molecule has 8 rings (SSSR count). The first kappa shape index (κ1) is 47.5. The van der Waals surface area contributed by atoms with E-state index in [-0.39, 0.29) is 5.75 Å². The molecule has 1 aliphatic rings. The molecule has 20 heteroatoms. The van der Waals surface area contributed by atoms with Gasteiger partial charge in [0.25, 0.3) is 0 Å². The van der Waals surface area contributed by atoms with Crippen LogP contribution < -0.4 is 27.8 Å². The minimum Gasteiger partial charge on any atom is -0.507 e. The molecule has 0 aromatic heterocycles. The third-order valence-corrected chi connectivity index (χ3v) is 19.3. The predicted molar refractivity (Wildman–Crippen MR) is 271 cm³/mol. The molecule has 0 saturated carbocycles. The Bertz CT molecular complexity index is 2640. The van der Waals surface area contributed by atoms with Gasteiger partial charge in [-0.15, -0.1) is 4.52 Å². The lowest BCUT2D eigenvalue weighted by Gasteiger charge is -2.44. The van der Waals surface area contributed by atoms with Crippen LogP contribution in [0.4, 0.5) is 0 Å². The van der Waals surface area contributed by atoms with Gasteiger partial charge in [0.05, 0.1) is 31.3 Å². The van der Waals surface area contributed by atoms with Crippen LogP contribution in [0, 0.1) is 0 Å². The third kappa shape index (κ3) is 12.0. The van der Waals surface area contributed by atoms with E-state index in [1.807, 2.05) is 152 Å². The van der Waals surface area contributed by atoms with Crippen molar-refractivity contribution in [2.75, 3.05) is 0 Å². The second-order valence-corrected chi connectivity index (χ2v) is 23.7. The lowest BCUT2D eigenvalue weighted by atomic mass is 10.3. The fourth-order valence-corrected chi connectivity index (χ4v) is 15.5. The highest BCUT2D eigenvalue weighted by Gasteiger charge is 2.58. The van der Waals surface area contributed by atoms with Crippen molar-refractivity contribution in [3.63, 3.8) is 0 Å². The van der Waals surface area contributed by atoms with Gasteiger partial charge in [0.15, 0.2) is 11.5 Å². The van der Waals surface area contributed by atoms with Crippen molar-refractivity contribution < 1.29 is 32.9 Å². The van der Waals surface area contributed by atoms with Gasteiger partial charge < -0.3 is 32.9 Å². The van der Waals surface area contributed by atoms with Gasteiger partial charge in [-0.05, 0) is 196 Å². The highest BCUT2D eigenvalue weighted by molar-refractivity contribution is 9.11. The minimum atomic E-state index is -3.95. The molecule has 2 unspecified atom stereocenters. The Labute approximate surface area is 419 Å². The molecule has 1 aliphatic heterocycles. The maximum Gasteiger partial charge on any atom is 0.447 e. The Hall–Kier alpha value is -2.49. The first-order valence-corrected chi connectivity index (χ1v) is 27.3. The van der Waals surface area contributed by atoms with Crippen molar-refractivity contribution in [1.82, 2.24) is 9.21 Å². The molecule has 2 atom stereocenters. The number of aromatic hydroxyl groups is 1. The molecular formula is C42H29Br7N3O7P3. The number of halogens is 7. The van der Waals surface area contributed by atoms with Crippen LogP contribution in [0.25, 0.3) is 0 Å². The van der Waals surface area contributed by atoms with E-state index >= 15 is 0 Å². The third-order valence-electron chi connectivity index (χ3n) is 7.87. The Balaban J connectivity index is 0.000000650. The van der Waals surface area contributed by atoms with E-state index in [1.54, 1.807) is 22.8 Å². The molecule has 0 saturated heterocycles. The Morgan fingerprint density at radius 2 is 0.742 bits per heavy atom. The van der Waals surface area contributed by atoms with E-state index < -0.39 is 24.6 Å². The zero-order valence-corrected chi connectivity index (χ0v) is 45.2. The molecule has 0 spiro atoms. The summed E-state index contributed by atoms with van der Waals surface area (Å²) in [5, 5.41) is 8.87. The number of para-hydroxylation sites is 7. The molecule has 318 valence electrons. The minimum absolute atomic E-state index is 0.285. The summed E-state index contributed by atoms with van der Waals surface area (Å²) in [7, 11) is -8.46. The van der Waals surface area contributed by atoms with Crippen LogP contribution in [0.3, 0.4) is 0 Å². The van der Waals surface area contributed by atoms with Crippen molar-refractivity contribution in [1.29, 1.82) is 0 Å². The Kier molecular flexibility index (Phi) is 17.3. The Morgan fingerprint density at radius 1 is 0.403 bits per heavy atom. The van der Waals surface area contributed by atoms with Crippen molar-refractivity contribution in [2.45, 2.75) is 0 Å². The van der Waals surface area contributed by atoms with Gasteiger partial charge in [0.1, 0.15) is 28.7 Å². The van der Waals surface area contributed by atoms with Gasteiger partial charge in [-0.25, -0.2) is 0 Å². The maximum absolute atomic E-state index is 8.87. The van der Waals surface area contributed by atoms with Crippen LogP contribution in [0.1, 0.15) is 0 Å². The normalized spacial score (nSPS) is 15.9. The molecule has 7 aromatic rings. The molecule has 0 radical (unpaired) electrons. The van der Waals surface area contributed by atoms with Crippen molar-refractivity contribution in [3.8, 4) is 40.2 Å². The number of hydrogen-bond acceptors (Lipinski definition) is 10. The summed E-state index contributed by atoms with van der Waals surface area (Å²) in [6.45, 7) is 0. The van der Waals surface area contributed by atoms with Crippen LogP contribution in [0.15, 0.2) is 206 Å². The monoisotopic (exact) mass is 1330 g/mol. The molecule has 62 heavy (non-hydrogen) atoms. The van der Waals surface area contributed by atoms with Gasteiger partial charge in [-0.3, -0.25) is 0 Å². The van der Waals surface area contributed by atoms with Crippen LogP contribution >= 0.6 is 136 Å². The van der Waals surface area contributed by atoms with Crippen LogP contribution in [-0.2, 0) is 0 Å². The maximum atomic E-state index is 8.87. The summed E-state index contributed by atoms with van der Waals surface area (Å²) >= 11 is 25.2. The van der Waals surface area contributed by atoms with E-state index in [2.05, 4.69) is 112 Å². The van der Waals surface area contributed by atoms with Crippen molar-refractivity contribution in [3.05, 3.63) is 201 Å². The van der Waals surface area contributed by atoms with E-state index in [4.69, 9.17) is 37.4 Å². The first-order chi connectivity index (χ1) is 30.0. The number of hydrogen-bond donors (Lipinski definition) is 1. The summed E-state index contributed by atoms with van der Waals surface area (Å²) in [6.07, 6.45) is 0. The quantitative estimate of drug-likeness (QED) is 0.120. The fraction of sp³-hybridized carbons (Fsp3) is 0. The van der Waals surface area contributed by atoms with Crippen molar-refractivity contribution in [2.24, 2.45) is 4.52 Å². The average molecular weight is 1340 g/mol. The number of benzene rings is 7. The average Bonchev–Trinajstić information content (AvgIpc) is 3.26. The number of rotatable bonds is 12. The van der Waals surface area contributed by atoms with Gasteiger partial charge >= 0.3 is 24.6 Å². The topological polar surface area (TPSA) is 94.5 Å². The highest BCUT2D eigenvalue weighted by Crippen LogP contribution is 2.78. The number of nitrogens with zero attached hydrogens (tertiary/aromatic N) is 3. The first-order valence-electron chi connectivity index (χ1n) is 17.9. The van der Waals surface area contributed by atoms with Gasteiger partial charge in [-0.2, -0.15) is 0 Å². The van der Waals surface area contributed by atoms with E-state index in [0.717, 1.165) is 4.47 Å². The highest BCUT2D eigenvalue weighted by atomic mass is 79.9. The number of phenolic OH excluding ortho intramolecular Hbond substituents is 1. The largest absolute Gasteiger partial charge is 0.507 e. The summed E-state index contributed by atoms with van der Waals surface area (Å²) in [4.78, 5) is 13.7. The summed E-state index contributed by atoms with van der Waals surface area (Å²) in [5.41, 5.74) is 0. The second-order valence-electron chi connectivity index (χ2n) is 12.2. The summed E-state index contributed by atoms with van der Waals surface area (Å²) in [5.74, 6) is 3.07. The van der Waals surface area contributed by atoms with Crippen molar-refractivity contribution >= 4 is 136 Å². The smallest absolute Gasteiger partial charge is 0.447 e. The van der Waals surface area contributed by atoms with Gasteiger partial charge in [-0.1, -0.05) is 84.9 Å². The lowest BCUT2D eigenvalue weighted by molar-refractivity contribution is 0.0534. The van der Waals surface area contributed by atoms with E-state index in [1.165, 1.54) is 4.60 Å². The predicted octanol–water partition coefficient (Wildman–Crippen LogP) is 18.0. The van der Waals surface area contributed by atoms with Gasteiger partial charge in [0, 0.05) is 9.21 Å². The summed E-state index contributed by atoms with van der Waals surface area (Å²) < 4.78 is 41.3. The second kappa shape index (κ2) is 22.6. The van der Waals surface area contributed by atoms with Crippen LogP contribution in [0.5, 0.6) is 40.2 Å². The molecule has 0 aliphatic carbocycles. The standard InChI is InChI=1S/C36H24Br6N3O6P3.C6H5BrO/c37-25-13-1-7-19-31(25)46-44-52(48-33-21-9-3-15-27(33)39)43-54(50-35-23-11-5-17-29(35)41,51-36-24-12-6-18-30(36)42)45(47-32-20-8-2-14-26(32)38)53(44)49-34-22-10-4-16-28(34)40;7-5-3-1-2-4-6(5)8/h1-24H;1-4,8H. The molecule has 1 heterocycles. The zero-order valence-electron chi connectivity index (χ0n) is 31.4.